The highest BCUT2D eigenvalue weighted by Crippen LogP contribution is 2.31. The standard InChI is InChI=1S/C20H22N2O4S2/c1-14(18(23)9-4-15-3-2-12-22-13-15)26-17-7-5-16(6-8-17)19-10-11-20(27-19)28(21,24)25/h2-3,5-8,10-14,18,23H,4,9H2,1H3,(H2,21,24,25). The zero-order valence-corrected chi connectivity index (χ0v) is 17.0. The van der Waals surface area contributed by atoms with Crippen LogP contribution in [0.2, 0.25) is 0 Å². The first kappa shape index (κ1) is 20.5. The number of aliphatic hydroxyl groups excluding tert-OH is 1. The van der Waals surface area contributed by atoms with Gasteiger partial charge in [-0.15, -0.1) is 11.3 Å². The summed E-state index contributed by atoms with van der Waals surface area (Å²) < 4.78 is 28.8. The second-order valence-electron chi connectivity index (χ2n) is 6.48. The highest BCUT2D eigenvalue weighted by Gasteiger charge is 2.16. The molecule has 8 heteroatoms. The highest BCUT2D eigenvalue weighted by atomic mass is 32.2. The van der Waals surface area contributed by atoms with Crippen molar-refractivity contribution in [2.45, 2.75) is 36.2 Å². The third-order valence-electron chi connectivity index (χ3n) is 4.32. The first-order chi connectivity index (χ1) is 13.3. The summed E-state index contributed by atoms with van der Waals surface area (Å²) in [4.78, 5) is 4.88. The van der Waals surface area contributed by atoms with E-state index in [1.54, 1.807) is 30.6 Å². The summed E-state index contributed by atoms with van der Waals surface area (Å²) in [6.45, 7) is 1.83. The third kappa shape index (κ3) is 5.39. The van der Waals surface area contributed by atoms with Crippen LogP contribution < -0.4 is 9.88 Å². The van der Waals surface area contributed by atoms with Crippen LogP contribution in [0.4, 0.5) is 0 Å². The first-order valence-corrected chi connectivity index (χ1v) is 11.2. The Balaban J connectivity index is 1.58. The Bertz CT molecular complexity index is 1000. The molecule has 3 rings (SSSR count). The molecule has 0 fully saturated rings. The predicted molar refractivity (Wildman–Crippen MR) is 110 cm³/mol. The molecule has 0 saturated carbocycles. The molecule has 0 amide bonds. The quantitative estimate of drug-likeness (QED) is 0.585. The van der Waals surface area contributed by atoms with E-state index < -0.39 is 16.1 Å². The Morgan fingerprint density at radius 3 is 2.54 bits per heavy atom. The summed E-state index contributed by atoms with van der Waals surface area (Å²) >= 11 is 1.12. The van der Waals surface area contributed by atoms with Crippen molar-refractivity contribution < 1.29 is 18.3 Å². The molecule has 2 aromatic heterocycles. The second kappa shape index (κ2) is 8.83. The number of nitrogens with zero attached hydrogens (tertiary/aromatic N) is 1. The number of aliphatic hydroxyl groups is 1. The molecule has 0 spiro atoms. The lowest BCUT2D eigenvalue weighted by Crippen LogP contribution is -2.29. The van der Waals surface area contributed by atoms with Crippen LogP contribution in [0, 0.1) is 0 Å². The van der Waals surface area contributed by atoms with E-state index in [-0.39, 0.29) is 10.3 Å². The van der Waals surface area contributed by atoms with Crippen molar-refractivity contribution in [2.75, 3.05) is 0 Å². The molecule has 28 heavy (non-hydrogen) atoms. The SMILES string of the molecule is CC(Oc1ccc(-c2ccc(S(N)(=O)=O)s2)cc1)C(O)CCc1cccnc1. The topological polar surface area (TPSA) is 103 Å². The normalized spacial score (nSPS) is 13.8. The van der Waals surface area contributed by atoms with E-state index in [9.17, 15) is 13.5 Å². The minimum Gasteiger partial charge on any atom is -0.488 e. The van der Waals surface area contributed by atoms with E-state index in [4.69, 9.17) is 9.88 Å². The van der Waals surface area contributed by atoms with Gasteiger partial charge in [0.25, 0.3) is 0 Å². The molecule has 0 saturated heterocycles. The van der Waals surface area contributed by atoms with Gasteiger partial charge >= 0.3 is 0 Å². The number of pyridine rings is 1. The van der Waals surface area contributed by atoms with Crippen molar-refractivity contribution >= 4 is 21.4 Å². The van der Waals surface area contributed by atoms with Gasteiger partial charge in [-0.1, -0.05) is 6.07 Å². The van der Waals surface area contributed by atoms with E-state index in [0.717, 1.165) is 33.8 Å². The second-order valence-corrected chi connectivity index (χ2v) is 9.35. The van der Waals surface area contributed by atoms with Crippen LogP contribution in [0.1, 0.15) is 18.9 Å². The minimum absolute atomic E-state index is 0.133. The molecule has 3 aromatic rings. The minimum atomic E-state index is -3.69. The molecule has 2 unspecified atom stereocenters. The molecular formula is C20H22N2O4S2. The number of thiophene rings is 1. The van der Waals surface area contributed by atoms with Gasteiger partial charge < -0.3 is 9.84 Å². The lowest BCUT2D eigenvalue weighted by atomic mass is 10.1. The van der Waals surface area contributed by atoms with Crippen LogP contribution in [0.3, 0.4) is 0 Å². The first-order valence-electron chi connectivity index (χ1n) is 8.79. The van der Waals surface area contributed by atoms with Crippen LogP contribution in [0.15, 0.2) is 65.1 Å². The van der Waals surface area contributed by atoms with Crippen molar-refractivity contribution in [2.24, 2.45) is 5.14 Å². The Morgan fingerprint density at radius 2 is 1.93 bits per heavy atom. The molecule has 1 aromatic carbocycles. The maximum atomic E-state index is 11.4. The number of aromatic nitrogens is 1. The van der Waals surface area contributed by atoms with Crippen molar-refractivity contribution in [3.8, 4) is 16.2 Å². The van der Waals surface area contributed by atoms with E-state index >= 15 is 0 Å². The number of hydrogen-bond donors (Lipinski definition) is 2. The zero-order valence-electron chi connectivity index (χ0n) is 15.4. The van der Waals surface area contributed by atoms with Gasteiger partial charge in [0, 0.05) is 17.3 Å². The number of hydrogen-bond acceptors (Lipinski definition) is 6. The summed E-state index contributed by atoms with van der Waals surface area (Å²) in [6.07, 6.45) is 3.86. The summed E-state index contributed by atoms with van der Waals surface area (Å²) in [6, 6.07) is 14.4. The Hall–Kier alpha value is -2.26. The Kier molecular flexibility index (Phi) is 6.46. The fourth-order valence-electron chi connectivity index (χ4n) is 2.71. The van der Waals surface area contributed by atoms with Crippen LogP contribution >= 0.6 is 11.3 Å². The van der Waals surface area contributed by atoms with Crippen LogP contribution in [-0.2, 0) is 16.4 Å². The Labute approximate surface area is 168 Å². The predicted octanol–water partition coefficient (Wildman–Crippen LogP) is 3.22. The van der Waals surface area contributed by atoms with E-state index in [1.165, 1.54) is 6.07 Å². The largest absolute Gasteiger partial charge is 0.488 e. The monoisotopic (exact) mass is 418 g/mol. The van der Waals surface area contributed by atoms with Gasteiger partial charge in [-0.25, -0.2) is 13.6 Å². The number of nitrogens with two attached hydrogens (primary N) is 1. The molecule has 0 bridgehead atoms. The molecule has 0 radical (unpaired) electrons. The summed E-state index contributed by atoms with van der Waals surface area (Å²) in [5.41, 5.74) is 1.95. The average molecular weight is 419 g/mol. The maximum Gasteiger partial charge on any atom is 0.247 e. The number of aryl methyl sites for hydroxylation is 1. The van der Waals surface area contributed by atoms with Gasteiger partial charge in [0.15, 0.2) is 0 Å². The lowest BCUT2D eigenvalue weighted by molar-refractivity contribution is 0.0420. The van der Waals surface area contributed by atoms with Crippen LogP contribution in [0.25, 0.3) is 10.4 Å². The van der Waals surface area contributed by atoms with Gasteiger partial charge in [-0.05, 0) is 73.4 Å². The van der Waals surface area contributed by atoms with Gasteiger partial charge in [0.2, 0.25) is 10.0 Å². The maximum absolute atomic E-state index is 11.4. The number of rotatable bonds is 8. The average Bonchev–Trinajstić information content (AvgIpc) is 3.18. The molecule has 2 heterocycles. The number of primary sulfonamides is 1. The number of sulfonamides is 1. The Morgan fingerprint density at radius 1 is 1.18 bits per heavy atom. The zero-order chi connectivity index (χ0) is 20.1. The van der Waals surface area contributed by atoms with Gasteiger partial charge in [0.1, 0.15) is 16.1 Å². The van der Waals surface area contributed by atoms with E-state index in [2.05, 4.69) is 4.98 Å². The molecule has 0 aliphatic rings. The third-order valence-corrected chi connectivity index (χ3v) is 6.89. The fraction of sp³-hybridized carbons (Fsp3) is 0.250. The summed E-state index contributed by atoms with van der Waals surface area (Å²) in [7, 11) is -3.69. The highest BCUT2D eigenvalue weighted by molar-refractivity contribution is 7.91. The summed E-state index contributed by atoms with van der Waals surface area (Å²) in [5.74, 6) is 0.639. The van der Waals surface area contributed by atoms with Gasteiger partial charge in [-0.2, -0.15) is 0 Å². The van der Waals surface area contributed by atoms with Crippen molar-refractivity contribution in [1.29, 1.82) is 0 Å². The van der Waals surface area contributed by atoms with Crippen molar-refractivity contribution in [1.82, 2.24) is 4.98 Å². The van der Waals surface area contributed by atoms with Crippen molar-refractivity contribution in [3.05, 3.63) is 66.5 Å². The lowest BCUT2D eigenvalue weighted by Gasteiger charge is -2.20. The van der Waals surface area contributed by atoms with Crippen molar-refractivity contribution in [3.63, 3.8) is 0 Å². The summed E-state index contributed by atoms with van der Waals surface area (Å²) in [5, 5.41) is 15.5. The molecular weight excluding hydrogens is 396 g/mol. The van der Waals surface area contributed by atoms with Crippen LogP contribution in [-0.4, -0.2) is 30.7 Å². The molecule has 0 aliphatic carbocycles. The van der Waals surface area contributed by atoms with Gasteiger partial charge in [-0.3, -0.25) is 4.98 Å². The van der Waals surface area contributed by atoms with E-state index in [0.29, 0.717) is 12.2 Å². The molecule has 2 atom stereocenters. The molecule has 3 N–H and O–H groups in total. The number of ether oxygens (including phenoxy) is 1. The molecule has 0 aliphatic heterocycles. The van der Waals surface area contributed by atoms with Gasteiger partial charge in [0.05, 0.1) is 6.10 Å². The smallest absolute Gasteiger partial charge is 0.247 e. The molecule has 148 valence electrons. The molecule has 6 nitrogen and oxygen atoms in total. The fourth-order valence-corrected chi connectivity index (χ4v) is 4.45. The van der Waals surface area contributed by atoms with E-state index in [1.807, 2.05) is 31.2 Å². The van der Waals surface area contributed by atoms with Crippen LogP contribution in [0.5, 0.6) is 5.75 Å². The number of benzene rings is 1.